The molecule has 0 saturated heterocycles. The van der Waals surface area contributed by atoms with E-state index in [1.165, 1.54) is 18.3 Å². The Morgan fingerprint density at radius 2 is 1.05 bits per heavy atom. The number of hydrogen-bond acceptors (Lipinski definition) is 22. The molecular weight excluding hydrogens is 991 g/mol. The molecule has 0 spiro atoms. The lowest BCUT2D eigenvalue weighted by molar-refractivity contribution is -0.139. The number of aromatic amines is 1. The van der Waals surface area contributed by atoms with Crippen molar-refractivity contribution in [1.82, 2.24) is 35.9 Å². The van der Waals surface area contributed by atoms with Crippen molar-refractivity contribution in [3.8, 4) is 0 Å². The Morgan fingerprint density at radius 3 is 1.48 bits per heavy atom. The molecular formula is C48H77N9O18. The van der Waals surface area contributed by atoms with Crippen LogP contribution in [0.15, 0.2) is 35.3 Å². The van der Waals surface area contributed by atoms with Crippen LogP contribution in [0.3, 0.4) is 0 Å². The fraction of sp³-hybridized carbons (Fsp3) is 0.667. The summed E-state index contributed by atoms with van der Waals surface area (Å²) < 4.78 is 65.3. The van der Waals surface area contributed by atoms with Crippen LogP contribution < -0.4 is 32.6 Å². The molecule has 3 amide bonds. The number of nitrogens with two attached hydrogens (primary N) is 1. The van der Waals surface area contributed by atoms with Crippen LogP contribution in [0.1, 0.15) is 49.7 Å². The molecule has 1 unspecified atom stereocenters. The van der Waals surface area contributed by atoms with E-state index in [0.717, 1.165) is 0 Å². The Morgan fingerprint density at radius 1 is 0.627 bits per heavy atom. The van der Waals surface area contributed by atoms with Crippen LogP contribution in [-0.2, 0) is 73.0 Å². The van der Waals surface area contributed by atoms with Gasteiger partial charge in [-0.3, -0.25) is 19.4 Å². The molecule has 0 aliphatic carbocycles. The van der Waals surface area contributed by atoms with Crippen LogP contribution in [0, 0.1) is 0 Å². The van der Waals surface area contributed by atoms with Gasteiger partial charge in [-0.1, -0.05) is 0 Å². The van der Waals surface area contributed by atoms with Gasteiger partial charge in [-0.25, -0.2) is 19.6 Å². The van der Waals surface area contributed by atoms with Crippen molar-refractivity contribution in [2.45, 2.75) is 51.8 Å². The van der Waals surface area contributed by atoms with E-state index in [0.29, 0.717) is 157 Å². The molecule has 8 N–H and O–H groups in total. The number of rotatable bonds is 45. The quantitative estimate of drug-likeness (QED) is 0.0383. The number of carboxylic acid groups (broad SMARTS) is 1. The fourth-order valence-corrected chi connectivity index (χ4v) is 5.95. The molecule has 27 heteroatoms. The first-order chi connectivity index (χ1) is 36.3. The number of nitrogen functional groups attached to an aromatic ring is 1. The van der Waals surface area contributed by atoms with Crippen molar-refractivity contribution in [3.05, 3.63) is 52.1 Å². The van der Waals surface area contributed by atoms with Gasteiger partial charge in [-0.05, 0) is 51.5 Å². The first-order valence-corrected chi connectivity index (χ1v) is 24.8. The SMILES string of the molecule is CC(C)(C)OC(=O)NCCOCCOCCOCCOCCOCCOCCOCCOCCOCCOCCOCCNC(=O)CCC(NC(=O)c1ccc(NCc2cnc3nc(N)[nH]c(=O)c3n2)cc1)C(=O)O. The fourth-order valence-electron chi connectivity index (χ4n) is 5.95. The van der Waals surface area contributed by atoms with E-state index in [4.69, 9.17) is 62.6 Å². The number of benzene rings is 1. The van der Waals surface area contributed by atoms with Crippen molar-refractivity contribution in [2.24, 2.45) is 0 Å². The smallest absolute Gasteiger partial charge is 0.407 e. The predicted octanol–water partition coefficient (Wildman–Crippen LogP) is 0.694. The number of amides is 3. The molecule has 27 nitrogen and oxygen atoms in total. The normalized spacial score (nSPS) is 11.9. The highest BCUT2D eigenvalue weighted by Gasteiger charge is 2.22. The number of aromatic nitrogens is 4. The lowest BCUT2D eigenvalue weighted by atomic mass is 10.1. The maximum Gasteiger partial charge on any atom is 0.407 e. The van der Waals surface area contributed by atoms with Gasteiger partial charge in [-0.15, -0.1) is 0 Å². The third kappa shape index (κ3) is 32.4. The predicted molar refractivity (Wildman–Crippen MR) is 271 cm³/mol. The average Bonchev–Trinajstić information content (AvgIpc) is 3.37. The van der Waals surface area contributed by atoms with Gasteiger partial charge in [0.2, 0.25) is 11.9 Å². The van der Waals surface area contributed by atoms with Crippen LogP contribution in [0.5, 0.6) is 0 Å². The van der Waals surface area contributed by atoms with Gasteiger partial charge < -0.3 is 88.9 Å². The number of alkyl carbamates (subject to hydrolysis) is 1. The average molecular weight is 1070 g/mol. The van der Waals surface area contributed by atoms with Gasteiger partial charge in [0.25, 0.3) is 11.5 Å². The number of nitrogens with one attached hydrogen (secondary N) is 5. The summed E-state index contributed by atoms with van der Waals surface area (Å²) in [6, 6.07) is 5.01. The van der Waals surface area contributed by atoms with E-state index in [-0.39, 0.29) is 61.1 Å². The highest BCUT2D eigenvalue weighted by Crippen LogP contribution is 2.13. The third-order valence-corrected chi connectivity index (χ3v) is 9.57. The highest BCUT2D eigenvalue weighted by molar-refractivity contribution is 5.97. The number of hydrogen-bond donors (Lipinski definition) is 7. The number of aliphatic carboxylic acids is 1. The minimum Gasteiger partial charge on any atom is -0.480 e. The molecule has 1 aromatic carbocycles. The molecule has 0 aliphatic rings. The number of fused-ring (bicyclic) bond motifs is 1. The number of carbonyl (C=O) groups excluding carboxylic acids is 3. The van der Waals surface area contributed by atoms with Gasteiger partial charge in [0.05, 0.1) is 164 Å². The van der Waals surface area contributed by atoms with Crippen LogP contribution >= 0.6 is 0 Å². The van der Waals surface area contributed by atoms with E-state index < -0.39 is 35.2 Å². The van der Waals surface area contributed by atoms with E-state index in [9.17, 15) is 29.1 Å². The maximum absolute atomic E-state index is 12.8. The standard InChI is InChI=1S/C48H77N9O18/c1-48(2,3)75-47(63)51-11-13-65-15-17-67-19-21-69-23-25-71-27-29-73-31-33-74-32-30-72-28-26-70-24-22-68-20-18-66-16-14-64-12-10-50-40(58)9-8-39(45(61)62)55-43(59)36-4-6-37(7-5-36)52-34-38-35-53-42-41(54-38)44(60)57-46(49)56-42/h4-7,35,39,52H,8-34H2,1-3H3,(H,50,58)(H,51,63)(H,55,59)(H,61,62)(H3,49,53,56,57,60). The number of carbonyl (C=O) groups is 4. The van der Waals surface area contributed by atoms with Crippen molar-refractivity contribution in [2.75, 3.05) is 169 Å². The first-order valence-electron chi connectivity index (χ1n) is 24.8. The molecule has 3 aromatic rings. The van der Waals surface area contributed by atoms with Crippen molar-refractivity contribution in [1.29, 1.82) is 0 Å². The van der Waals surface area contributed by atoms with Crippen molar-refractivity contribution in [3.63, 3.8) is 0 Å². The van der Waals surface area contributed by atoms with Gasteiger partial charge in [-0.2, -0.15) is 4.98 Å². The zero-order valence-corrected chi connectivity index (χ0v) is 43.4. The minimum absolute atomic E-state index is 0.0496. The Labute approximate surface area is 436 Å². The Bertz CT molecular complexity index is 2100. The van der Waals surface area contributed by atoms with Crippen LogP contribution in [0.4, 0.5) is 16.4 Å². The van der Waals surface area contributed by atoms with E-state index in [1.807, 2.05) is 0 Å². The second-order valence-corrected chi connectivity index (χ2v) is 16.8. The Balaban J connectivity index is 0.999. The van der Waals surface area contributed by atoms with Crippen LogP contribution in [0.25, 0.3) is 11.2 Å². The topological polar surface area (TPSA) is 345 Å². The summed E-state index contributed by atoms with van der Waals surface area (Å²) in [5.74, 6) is -2.33. The van der Waals surface area contributed by atoms with E-state index in [2.05, 4.69) is 41.2 Å². The molecule has 0 bridgehead atoms. The summed E-state index contributed by atoms with van der Waals surface area (Å²) in [4.78, 5) is 75.3. The molecule has 0 radical (unpaired) electrons. The molecule has 0 saturated carbocycles. The molecule has 3 rings (SSSR count). The summed E-state index contributed by atoms with van der Waals surface area (Å²) >= 11 is 0. The Kier molecular flexibility index (Phi) is 33.6. The molecule has 2 aromatic heterocycles. The summed E-state index contributed by atoms with van der Waals surface area (Å²) in [7, 11) is 0. The van der Waals surface area contributed by atoms with Gasteiger partial charge >= 0.3 is 12.1 Å². The molecule has 2 heterocycles. The third-order valence-electron chi connectivity index (χ3n) is 9.57. The molecule has 422 valence electrons. The summed E-state index contributed by atoms with van der Waals surface area (Å²) in [5.41, 5.74) is 5.99. The molecule has 0 fully saturated rings. The zero-order chi connectivity index (χ0) is 54.2. The van der Waals surface area contributed by atoms with Gasteiger partial charge in [0.1, 0.15) is 11.6 Å². The lowest BCUT2D eigenvalue weighted by Crippen LogP contribution is -2.41. The zero-order valence-electron chi connectivity index (χ0n) is 43.4. The van der Waals surface area contributed by atoms with Crippen molar-refractivity contribution >= 4 is 46.7 Å². The number of carboxylic acids is 1. The highest BCUT2D eigenvalue weighted by atomic mass is 16.6. The summed E-state index contributed by atoms with van der Waals surface area (Å²) in [6.45, 7) is 15.3. The molecule has 1 atom stereocenters. The number of anilines is 2. The second kappa shape index (κ2) is 39.7. The van der Waals surface area contributed by atoms with Crippen molar-refractivity contribution < 1.29 is 81.1 Å². The monoisotopic (exact) mass is 1070 g/mol. The molecule has 75 heavy (non-hydrogen) atoms. The minimum atomic E-state index is -1.29. The maximum atomic E-state index is 12.8. The Hall–Kier alpha value is -5.72. The van der Waals surface area contributed by atoms with Gasteiger partial charge in [0, 0.05) is 30.8 Å². The number of H-pyrrole nitrogens is 1. The van der Waals surface area contributed by atoms with Crippen LogP contribution in [0.2, 0.25) is 0 Å². The van der Waals surface area contributed by atoms with E-state index in [1.54, 1.807) is 32.9 Å². The van der Waals surface area contributed by atoms with E-state index >= 15 is 0 Å². The molecule has 0 aliphatic heterocycles. The first kappa shape index (κ1) is 63.6. The van der Waals surface area contributed by atoms with Gasteiger partial charge in [0.15, 0.2) is 11.2 Å². The van der Waals surface area contributed by atoms with Crippen LogP contribution in [-0.4, -0.2) is 219 Å². The largest absolute Gasteiger partial charge is 0.480 e. The summed E-state index contributed by atoms with van der Waals surface area (Å²) in [5, 5.41) is 20.5. The lowest BCUT2D eigenvalue weighted by Gasteiger charge is -2.19. The number of ether oxygens (including phenoxy) is 12. The summed E-state index contributed by atoms with van der Waals surface area (Å²) in [6.07, 6.45) is 0.751. The number of nitrogens with zero attached hydrogens (tertiary/aromatic N) is 3. The second-order valence-electron chi connectivity index (χ2n) is 16.8.